The molecule has 0 radical (unpaired) electrons. The lowest BCUT2D eigenvalue weighted by atomic mass is 9.96. The molecule has 5 nitrogen and oxygen atoms in total. The Morgan fingerprint density at radius 2 is 2.38 bits per heavy atom. The topological polar surface area (TPSA) is 76.4 Å². The molecule has 5 heteroatoms. The molecule has 2 rings (SSSR count). The first-order valence-corrected chi connectivity index (χ1v) is 7.29. The first-order valence-electron chi connectivity index (χ1n) is 7.29. The Hall–Kier alpha value is -2.06. The Morgan fingerprint density at radius 1 is 1.57 bits per heavy atom. The summed E-state index contributed by atoms with van der Waals surface area (Å²) in [6.07, 6.45) is 2.16. The number of rotatable bonds is 5. The third kappa shape index (κ3) is 3.96. The fourth-order valence-electron chi connectivity index (χ4n) is 2.99. The van der Waals surface area contributed by atoms with Gasteiger partial charge in [-0.15, -0.1) is 0 Å². The molecular formula is C16H21N3O2. The van der Waals surface area contributed by atoms with Gasteiger partial charge in [0.05, 0.1) is 17.8 Å². The van der Waals surface area contributed by atoms with Crippen LogP contribution in [0.4, 0.5) is 5.69 Å². The third-order valence-electron chi connectivity index (χ3n) is 3.90. The summed E-state index contributed by atoms with van der Waals surface area (Å²) in [4.78, 5) is 12.8. The Balaban J connectivity index is 2.04. The molecule has 1 heterocycles. The van der Waals surface area contributed by atoms with E-state index < -0.39 is 5.97 Å². The van der Waals surface area contributed by atoms with E-state index in [4.69, 9.17) is 5.11 Å². The highest BCUT2D eigenvalue weighted by Gasteiger charge is 2.22. The first kappa shape index (κ1) is 15.3. The minimum atomic E-state index is -0.826. The number of hydrogen-bond donors (Lipinski definition) is 2. The van der Waals surface area contributed by atoms with Crippen molar-refractivity contribution >= 4 is 11.7 Å². The second kappa shape index (κ2) is 7.09. The lowest BCUT2D eigenvalue weighted by Crippen LogP contribution is -2.41. The lowest BCUT2D eigenvalue weighted by Gasteiger charge is -2.35. The van der Waals surface area contributed by atoms with Gasteiger partial charge in [0.25, 0.3) is 0 Å². The van der Waals surface area contributed by atoms with E-state index in [9.17, 15) is 10.1 Å². The minimum Gasteiger partial charge on any atom is -0.480 e. The van der Waals surface area contributed by atoms with Crippen molar-refractivity contribution in [2.45, 2.75) is 19.8 Å². The van der Waals surface area contributed by atoms with Crippen molar-refractivity contribution in [1.29, 1.82) is 5.26 Å². The Kier molecular flexibility index (Phi) is 5.18. The number of carboxylic acids is 1. The van der Waals surface area contributed by atoms with E-state index >= 15 is 0 Å². The van der Waals surface area contributed by atoms with Crippen LogP contribution < -0.4 is 10.2 Å². The Bertz CT molecular complexity index is 551. The van der Waals surface area contributed by atoms with Crippen LogP contribution in [0.2, 0.25) is 0 Å². The molecule has 0 aliphatic carbocycles. The van der Waals surface area contributed by atoms with Crippen LogP contribution >= 0.6 is 0 Å². The van der Waals surface area contributed by atoms with E-state index in [1.807, 2.05) is 25.1 Å². The fourth-order valence-corrected chi connectivity index (χ4v) is 2.99. The molecule has 1 aliphatic rings. The van der Waals surface area contributed by atoms with Crippen molar-refractivity contribution in [3.05, 3.63) is 29.3 Å². The second-order valence-electron chi connectivity index (χ2n) is 5.56. The van der Waals surface area contributed by atoms with Crippen LogP contribution in [-0.2, 0) is 4.79 Å². The SMILES string of the molecule is Cc1cccc(C#N)c1N1CCCC(CNCC(=O)O)C1. The van der Waals surface area contributed by atoms with Gasteiger partial charge < -0.3 is 15.3 Å². The van der Waals surface area contributed by atoms with E-state index in [1.165, 1.54) is 0 Å². The quantitative estimate of drug-likeness (QED) is 0.863. The monoisotopic (exact) mass is 287 g/mol. The summed E-state index contributed by atoms with van der Waals surface area (Å²) in [6, 6.07) is 8.07. The number of nitrogens with one attached hydrogen (secondary N) is 1. The zero-order valence-electron chi connectivity index (χ0n) is 12.3. The number of nitriles is 1. The summed E-state index contributed by atoms with van der Waals surface area (Å²) in [7, 11) is 0. The van der Waals surface area contributed by atoms with Crippen molar-refractivity contribution in [2.75, 3.05) is 31.1 Å². The molecule has 1 aromatic carbocycles. The predicted molar refractivity (Wildman–Crippen MR) is 81.3 cm³/mol. The van der Waals surface area contributed by atoms with Crippen LogP contribution in [0.3, 0.4) is 0 Å². The average Bonchev–Trinajstić information content (AvgIpc) is 2.46. The van der Waals surface area contributed by atoms with Crippen LogP contribution in [0.1, 0.15) is 24.0 Å². The van der Waals surface area contributed by atoms with E-state index in [0.29, 0.717) is 18.0 Å². The molecular weight excluding hydrogens is 266 g/mol. The van der Waals surface area contributed by atoms with Crippen LogP contribution in [0.5, 0.6) is 0 Å². The molecule has 1 aliphatic heterocycles. The zero-order valence-corrected chi connectivity index (χ0v) is 12.3. The number of aliphatic carboxylic acids is 1. The maximum Gasteiger partial charge on any atom is 0.317 e. The maximum absolute atomic E-state index is 10.5. The summed E-state index contributed by atoms with van der Waals surface area (Å²) in [5.74, 6) is -0.405. The van der Waals surface area contributed by atoms with E-state index in [1.54, 1.807) is 0 Å². The van der Waals surface area contributed by atoms with Crippen LogP contribution in [0.15, 0.2) is 18.2 Å². The second-order valence-corrected chi connectivity index (χ2v) is 5.56. The van der Waals surface area contributed by atoms with Gasteiger partial charge in [0, 0.05) is 19.6 Å². The molecule has 0 bridgehead atoms. The van der Waals surface area contributed by atoms with Crippen LogP contribution in [0, 0.1) is 24.2 Å². The standard InChI is InChI=1S/C16H21N3O2/c1-12-4-2-6-14(8-17)16(12)19-7-3-5-13(11-19)9-18-10-15(20)21/h2,4,6,13,18H,3,5,7,9-11H2,1H3,(H,20,21). The molecule has 0 saturated carbocycles. The molecule has 1 saturated heterocycles. The highest BCUT2D eigenvalue weighted by molar-refractivity contribution is 5.69. The van der Waals surface area contributed by atoms with Crippen molar-refractivity contribution in [3.63, 3.8) is 0 Å². The van der Waals surface area contributed by atoms with Gasteiger partial charge in [-0.1, -0.05) is 12.1 Å². The van der Waals surface area contributed by atoms with Crippen molar-refractivity contribution < 1.29 is 9.90 Å². The number of benzene rings is 1. The summed E-state index contributed by atoms with van der Waals surface area (Å²) in [6.45, 7) is 4.56. The number of hydrogen-bond acceptors (Lipinski definition) is 4. The maximum atomic E-state index is 10.5. The zero-order chi connectivity index (χ0) is 15.2. The largest absolute Gasteiger partial charge is 0.480 e. The number of carboxylic acid groups (broad SMARTS) is 1. The number of anilines is 1. The number of nitrogens with zero attached hydrogens (tertiary/aromatic N) is 2. The number of para-hydroxylation sites is 1. The predicted octanol–water partition coefficient (Wildman–Crippen LogP) is 1.76. The summed E-state index contributed by atoms with van der Waals surface area (Å²) in [5, 5.41) is 20.9. The van der Waals surface area contributed by atoms with Crippen LogP contribution in [0.25, 0.3) is 0 Å². The normalized spacial score (nSPS) is 18.3. The average molecular weight is 287 g/mol. The molecule has 2 N–H and O–H groups in total. The van der Waals surface area contributed by atoms with E-state index in [0.717, 1.165) is 37.2 Å². The molecule has 21 heavy (non-hydrogen) atoms. The lowest BCUT2D eigenvalue weighted by molar-refractivity contribution is -0.136. The number of aryl methyl sites for hydroxylation is 1. The minimum absolute atomic E-state index is 0.00428. The summed E-state index contributed by atoms with van der Waals surface area (Å²) in [5.41, 5.74) is 2.87. The van der Waals surface area contributed by atoms with Crippen molar-refractivity contribution in [2.24, 2.45) is 5.92 Å². The third-order valence-corrected chi connectivity index (χ3v) is 3.90. The molecule has 0 aromatic heterocycles. The molecule has 112 valence electrons. The van der Waals surface area contributed by atoms with Crippen molar-refractivity contribution in [3.8, 4) is 6.07 Å². The smallest absolute Gasteiger partial charge is 0.317 e. The highest BCUT2D eigenvalue weighted by Crippen LogP contribution is 2.29. The molecule has 1 unspecified atom stereocenters. The summed E-state index contributed by atoms with van der Waals surface area (Å²) < 4.78 is 0. The van der Waals surface area contributed by atoms with Gasteiger partial charge in [-0.3, -0.25) is 4.79 Å². The van der Waals surface area contributed by atoms with E-state index in [-0.39, 0.29) is 6.54 Å². The number of carbonyl (C=O) groups is 1. The molecule has 1 fully saturated rings. The Labute approximate surface area is 125 Å². The highest BCUT2D eigenvalue weighted by atomic mass is 16.4. The Morgan fingerprint density at radius 3 is 3.10 bits per heavy atom. The van der Waals surface area contributed by atoms with Crippen LogP contribution in [-0.4, -0.2) is 37.3 Å². The van der Waals surface area contributed by atoms with Gasteiger partial charge in [0.1, 0.15) is 6.07 Å². The fraction of sp³-hybridized carbons (Fsp3) is 0.500. The molecule has 1 atom stereocenters. The molecule has 1 aromatic rings. The first-order chi connectivity index (χ1) is 10.1. The van der Waals surface area contributed by atoms with Gasteiger partial charge in [-0.2, -0.15) is 5.26 Å². The van der Waals surface area contributed by atoms with Gasteiger partial charge in [0.15, 0.2) is 0 Å². The van der Waals surface area contributed by atoms with Crippen molar-refractivity contribution in [1.82, 2.24) is 5.32 Å². The van der Waals surface area contributed by atoms with Gasteiger partial charge in [-0.25, -0.2) is 0 Å². The number of piperidine rings is 1. The van der Waals surface area contributed by atoms with Gasteiger partial charge in [0.2, 0.25) is 0 Å². The van der Waals surface area contributed by atoms with Gasteiger partial charge in [-0.05, 0) is 37.3 Å². The molecule has 0 spiro atoms. The summed E-state index contributed by atoms with van der Waals surface area (Å²) >= 11 is 0. The van der Waals surface area contributed by atoms with Gasteiger partial charge >= 0.3 is 5.97 Å². The molecule has 0 amide bonds. The van der Waals surface area contributed by atoms with E-state index in [2.05, 4.69) is 16.3 Å².